The monoisotopic (exact) mass is 359 g/mol. The Hall–Kier alpha value is -1.50. The second-order valence-electron chi connectivity index (χ2n) is 4.57. The maximum Gasteiger partial charge on any atom is 0.233 e. The van der Waals surface area contributed by atoms with Gasteiger partial charge in [-0.2, -0.15) is 0 Å². The molecule has 0 saturated carbocycles. The fourth-order valence-corrected chi connectivity index (χ4v) is 3.34. The van der Waals surface area contributed by atoms with E-state index in [0.717, 1.165) is 0 Å². The summed E-state index contributed by atoms with van der Waals surface area (Å²) in [6.45, 7) is 1.80. The topological polar surface area (TPSA) is 71.1 Å². The number of pyridine rings is 1. The van der Waals surface area contributed by atoms with E-state index in [9.17, 15) is 8.42 Å². The number of anilines is 3. The van der Waals surface area contributed by atoms with Gasteiger partial charge in [0.25, 0.3) is 0 Å². The highest BCUT2D eigenvalue weighted by atomic mass is 35.5. The van der Waals surface area contributed by atoms with Crippen molar-refractivity contribution < 1.29 is 8.42 Å². The van der Waals surface area contributed by atoms with Crippen LogP contribution in [0.3, 0.4) is 0 Å². The summed E-state index contributed by atoms with van der Waals surface area (Å²) in [6.07, 6.45) is 2.05. The lowest BCUT2D eigenvalue weighted by molar-refractivity contribution is 0.599. The van der Waals surface area contributed by atoms with E-state index in [2.05, 4.69) is 15.0 Å². The van der Waals surface area contributed by atoms with E-state index in [4.69, 9.17) is 23.2 Å². The van der Waals surface area contributed by atoms with Crippen LogP contribution in [0.1, 0.15) is 13.3 Å². The molecule has 2 aromatic rings. The number of hydrogen-bond acceptors (Lipinski definition) is 4. The van der Waals surface area contributed by atoms with Gasteiger partial charge in [-0.1, -0.05) is 36.2 Å². The summed E-state index contributed by atoms with van der Waals surface area (Å²) >= 11 is 12.1. The molecule has 5 nitrogen and oxygen atoms in total. The molecule has 0 bridgehead atoms. The average molecular weight is 360 g/mol. The molecule has 0 radical (unpaired) electrons. The number of para-hydroxylation sites is 1. The maximum atomic E-state index is 11.7. The zero-order chi connectivity index (χ0) is 16.2. The van der Waals surface area contributed by atoms with Crippen LogP contribution in [-0.4, -0.2) is 19.2 Å². The number of aromatic nitrogens is 1. The molecule has 0 amide bonds. The molecule has 0 aliphatic heterocycles. The van der Waals surface area contributed by atoms with Gasteiger partial charge in [-0.3, -0.25) is 4.72 Å². The fourth-order valence-electron chi connectivity index (χ4n) is 1.77. The van der Waals surface area contributed by atoms with Crippen molar-refractivity contribution in [3.05, 3.63) is 46.6 Å². The molecule has 0 saturated heterocycles. The minimum atomic E-state index is -3.34. The third-order valence-electron chi connectivity index (χ3n) is 2.73. The van der Waals surface area contributed by atoms with Crippen molar-refractivity contribution in [1.29, 1.82) is 0 Å². The highest BCUT2D eigenvalue weighted by molar-refractivity contribution is 7.92. The Kier molecular flexibility index (Phi) is 5.50. The van der Waals surface area contributed by atoms with Gasteiger partial charge in [-0.05, 0) is 30.7 Å². The van der Waals surface area contributed by atoms with E-state index in [1.54, 1.807) is 37.3 Å². The van der Waals surface area contributed by atoms with Gasteiger partial charge >= 0.3 is 0 Å². The van der Waals surface area contributed by atoms with Crippen molar-refractivity contribution in [3.63, 3.8) is 0 Å². The van der Waals surface area contributed by atoms with Gasteiger partial charge in [-0.25, -0.2) is 13.4 Å². The van der Waals surface area contributed by atoms with Crippen LogP contribution in [0, 0.1) is 0 Å². The van der Waals surface area contributed by atoms with Gasteiger partial charge < -0.3 is 5.32 Å². The van der Waals surface area contributed by atoms with Crippen LogP contribution in [0.25, 0.3) is 0 Å². The van der Waals surface area contributed by atoms with E-state index < -0.39 is 10.0 Å². The predicted octanol–water partition coefficient (Wildman–Crippen LogP) is 4.28. The zero-order valence-electron chi connectivity index (χ0n) is 11.8. The molecule has 2 N–H and O–H groups in total. The number of benzene rings is 1. The van der Waals surface area contributed by atoms with Crippen molar-refractivity contribution in [2.24, 2.45) is 0 Å². The van der Waals surface area contributed by atoms with Crippen molar-refractivity contribution in [2.75, 3.05) is 15.8 Å². The second-order valence-corrected chi connectivity index (χ2v) is 7.23. The minimum Gasteiger partial charge on any atom is -0.352 e. The molecule has 22 heavy (non-hydrogen) atoms. The standard InChI is InChI=1S/C14H15Cl2N3O2S/c1-2-8-22(20,21)19-13-7-6-10(9-17-13)18-14-11(15)4-3-5-12(14)16/h3-7,9,18H,2,8H2,1H3,(H,17,19). The number of rotatable bonds is 6. The van der Waals surface area contributed by atoms with Crippen LogP contribution in [0.15, 0.2) is 36.5 Å². The third-order valence-corrected chi connectivity index (χ3v) is 4.82. The molecule has 8 heteroatoms. The Morgan fingerprint density at radius 3 is 2.36 bits per heavy atom. The lowest BCUT2D eigenvalue weighted by Crippen LogP contribution is -2.16. The zero-order valence-corrected chi connectivity index (χ0v) is 14.1. The first-order valence-corrected chi connectivity index (χ1v) is 8.99. The van der Waals surface area contributed by atoms with Gasteiger partial charge in [0, 0.05) is 0 Å². The van der Waals surface area contributed by atoms with Crippen LogP contribution in [0.5, 0.6) is 0 Å². The van der Waals surface area contributed by atoms with Crippen molar-refractivity contribution in [2.45, 2.75) is 13.3 Å². The number of halogens is 2. The molecule has 0 atom stereocenters. The summed E-state index contributed by atoms with van der Waals surface area (Å²) in [5.74, 6) is 0.327. The average Bonchev–Trinajstić information content (AvgIpc) is 2.44. The quantitative estimate of drug-likeness (QED) is 0.807. The molecule has 0 aliphatic carbocycles. The number of nitrogens with zero attached hydrogens (tertiary/aromatic N) is 1. The highest BCUT2D eigenvalue weighted by Gasteiger charge is 2.10. The Labute approximate surface area is 139 Å². The van der Waals surface area contributed by atoms with Crippen LogP contribution in [0.4, 0.5) is 17.2 Å². The lowest BCUT2D eigenvalue weighted by Gasteiger charge is -2.11. The van der Waals surface area contributed by atoms with Gasteiger partial charge in [0.1, 0.15) is 5.82 Å². The smallest absolute Gasteiger partial charge is 0.233 e. The molecular weight excluding hydrogens is 345 g/mol. The van der Waals surface area contributed by atoms with Crippen LogP contribution in [0.2, 0.25) is 10.0 Å². The molecule has 0 spiro atoms. The Bertz CT molecular complexity index is 729. The van der Waals surface area contributed by atoms with Gasteiger partial charge in [0.15, 0.2) is 0 Å². The van der Waals surface area contributed by atoms with Crippen LogP contribution < -0.4 is 10.0 Å². The van der Waals surface area contributed by atoms with Gasteiger partial charge in [0.05, 0.1) is 33.4 Å². The molecule has 1 aromatic carbocycles. The second kappa shape index (κ2) is 7.17. The molecule has 1 heterocycles. The number of sulfonamides is 1. The van der Waals surface area contributed by atoms with E-state index in [1.165, 1.54) is 6.20 Å². The van der Waals surface area contributed by atoms with E-state index >= 15 is 0 Å². The highest BCUT2D eigenvalue weighted by Crippen LogP contribution is 2.32. The first-order chi connectivity index (χ1) is 10.4. The third kappa shape index (κ3) is 4.50. The molecular formula is C14H15Cl2N3O2S. The summed E-state index contributed by atoms with van der Waals surface area (Å²) in [7, 11) is -3.34. The molecule has 0 fully saturated rings. The van der Waals surface area contributed by atoms with Crippen LogP contribution in [-0.2, 0) is 10.0 Å². The van der Waals surface area contributed by atoms with Gasteiger partial charge in [-0.15, -0.1) is 0 Å². The molecule has 0 aliphatic rings. The predicted molar refractivity (Wildman–Crippen MR) is 91.7 cm³/mol. The molecule has 0 unspecified atom stereocenters. The first-order valence-electron chi connectivity index (χ1n) is 6.59. The molecule has 2 rings (SSSR count). The Morgan fingerprint density at radius 1 is 1.14 bits per heavy atom. The van der Waals surface area contributed by atoms with E-state index in [1.807, 2.05) is 0 Å². The first kappa shape index (κ1) is 16.9. The molecule has 118 valence electrons. The SMILES string of the molecule is CCCS(=O)(=O)Nc1ccc(Nc2c(Cl)cccc2Cl)cn1. The minimum absolute atomic E-state index is 0.0594. The Morgan fingerprint density at radius 2 is 1.82 bits per heavy atom. The van der Waals surface area contributed by atoms with E-state index in [-0.39, 0.29) is 11.6 Å². The summed E-state index contributed by atoms with van der Waals surface area (Å²) in [4.78, 5) is 4.06. The summed E-state index contributed by atoms with van der Waals surface area (Å²) in [5.41, 5.74) is 1.22. The Balaban J connectivity index is 2.13. The number of nitrogens with one attached hydrogen (secondary N) is 2. The van der Waals surface area contributed by atoms with Crippen molar-refractivity contribution >= 4 is 50.4 Å². The van der Waals surface area contributed by atoms with Crippen molar-refractivity contribution in [3.8, 4) is 0 Å². The summed E-state index contributed by atoms with van der Waals surface area (Å²) in [5, 5.41) is 4.02. The molecule has 1 aromatic heterocycles. The van der Waals surface area contributed by atoms with Crippen molar-refractivity contribution in [1.82, 2.24) is 4.98 Å². The fraction of sp³-hybridized carbons (Fsp3) is 0.214. The van der Waals surface area contributed by atoms with E-state index in [0.29, 0.717) is 27.8 Å². The lowest BCUT2D eigenvalue weighted by atomic mass is 10.3. The van der Waals surface area contributed by atoms with Gasteiger partial charge in [0.2, 0.25) is 10.0 Å². The largest absolute Gasteiger partial charge is 0.352 e. The summed E-state index contributed by atoms with van der Waals surface area (Å²) < 4.78 is 25.7. The normalized spacial score (nSPS) is 11.2. The summed E-state index contributed by atoms with van der Waals surface area (Å²) in [6, 6.07) is 8.45. The number of hydrogen-bond donors (Lipinski definition) is 2. The maximum absolute atomic E-state index is 11.7. The van der Waals surface area contributed by atoms with Crippen LogP contribution >= 0.6 is 23.2 Å².